The molecule has 1 aromatic heterocycles. The molecule has 1 aromatic carbocycles. The molecular weight excluding hydrogens is 603 g/mol. The van der Waals surface area contributed by atoms with Crippen molar-refractivity contribution in [3.05, 3.63) is 84.2 Å². The molecule has 2 aromatic rings. The molecule has 2 heterocycles. The van der Waals surface area contributed by atoms with Crippen molar-refractivity contribution in [3.8, 4) is 0 Å². The van der Waals surface area contributed by atoms with E-state index in [1.54, 1.807) is 31.3 Å². The van der Waals surface area contributed by atoms with Crippen LogP contribution in [0.3, 0.4) is 0 Å². The molecule has 0 aliphatic carbocycles. The third-order valence-electron chi connectivity index (χ3n) is 6.96. The van der Waals surface area contributed by atoms with E-state index in [-0.39, 0.29) is 24.9 Å². The fourth-order valence-corrected chi connectivity index (χ4v) is 3.95. The first kappa shape index (κ1) is 39.2. The molecule has 11 heteroatoms. The van der Waals surface area contributed by atoms with Gasteiger partial charge < -0.3 is 20.9 Å². The Morgan fingerprint density at radius 2 is 1.80 bits per heavy atom. The number of aromatic nitrogens is 1. The summed E-state index contributed by atoms with van der Waals surface area (Å²) >= 11 is 5.82. The number of allylic oxidation sites excluding steroid dienone is 2. The third-order valence-corrected chi connectivity index (χ3v) is 7.19. The lowest BCUT2D eigenvalue weighted by Gasteiger charge is -2.30. The number of pyridine rings is 1. The first-order valence-corrected chi connectivity index (χ1v) is 15.4. The Morgan fingerprint density at radius 1 is 1.16 bits per heavy atom. The van der Waals surface area contributed by atoms with Crippen LogP contribution in [0.5, 0.6) is 0 Å². The molecule has 45 heavy (non-hydrogen) atoms. The van der Waals surface area contributed by atoms with Gasteiger partial charge in [-0.05, 0) is 57.2 Å². The minimum atomic E-state index is -4.71. The highest BCUT2D eigenvalue weighted by Gasteiger charge is 2.42. The molecule has 7 nitrogen and oxygen atoms in total. The Morgan fingerprint density at radius 3 is 2.33 bits per heavy atom. The fourth-order valence-electron chi connectivity index (χ4n) is 3.84. The number of nitrogens with one attached hydrogen (secondary N) is 3. The molecule has 0 radical (unpaired) electrons. The number of amides is 2. The van der Waals surface area contributed by atoms with Crippen LogP contribution in [0.25, 0.3) is 5.70 Å². The van der Waals surface area contributed by atoms with Gasteiger partial charge in [-0.2, -0.15) is 13.2 Å². The molecule has 248 valence electrons. The van der Waals surface area contributed by atoms with Crippen molar-refractivity contribution in [2.24, 2.45) is 11.8 Å². The predicted molar refractivity (Wildman–Crippen MR) is 180 cm³/mol. The van der Waals surface area contributed by atoms with E-state index in [4.69, 9.17) is 11.6 Å². The van der Waals surface area contributed by atoms with Gasteiger partial charge in [-0.15, -0.1) is 6.58 Å². The van der Waals surface area contributed by atoms with Gasteiger partial charge >= 0.3 is 12.1 Å². The molecule has 3 N–H and O–H groups in total. The predicted octanol–water partition coefficient (Wildman–Crippen LogP) is 8.69. The Labute approximate surface area is 271 Å². The highest BCUT2D eigenvalue weighted by Crippen LogP contribution is 2.25. The SMILES string of the molecule is C/C=C(\C)NCCCC.C=CC(C)C(=O)Nc1ccccc1C(=C)Nc1ccc(Cl)cn1.CC1CCN(C(=O)C(F)(F)F)CC1. The van der Waals surface area contributed by atoms with E-state index in [9.17, 15) is 22.8 Å². The monoisotopic (exact) mass is 649 g/mol. The van der Waals surface area contributed by atoms with E-state index < -0.39 is 12.1 Å². The van der Waals surface area contributed by atoms with E-state index in [1.165, 1.54) is 18.5 Å². The summed E-state index contributed by atoms with van der Waals surface area (Å²) in [6, 6.07) is 10.9. The number of rotatable bonds is 10. The first-order chi connectivity index (χ1) is 21.2. The molecule has 0 saturated carbocycles. The zero-order chi connectivity index (χ0) is 34.0. The van der Waals surface area contributed by atoms with Crippen molar-refractivity contribution in [2.75, 3.05) is 30.3 Å². The summed E-state index contributed by atoms with van der Waals surface area (Å²) in [5.74, 6) is -1.04. The number of hydrogen-bond acceptors (Lipinski definition) is 5. The number of benzene rings is 1. The number of nitrogens with zero attached hydrogens (tertiary/aromatic N) is 2. The van der Waals surface area contributed by atoms with Gasteiger partial charge in [0.1, 0.15) is 5.82 Å². The summed E-state index contributed by atoms with van der Waals surface area (Å²) in [4.78, 5) is 27.8. The average molecular weight is 650 g/mol. The standard InChI is InChI=1S/C18H18ClN3O.C8H12F3NO.C8H17N/c1-4-12(2)18(23)22-16-8-6-5-7-15(16)13(3)21-17-10-9-14(19)11-20-17;1-6-2-4-12(5-3-6)7(13)8(9,10)11;1-4-6-7-9-8(3)5-2/h4-12H,1,3H2,2H3,(H,20,21)(H,22,23);6H,2-5H2,1H3;5,9H,4,6-7H2,1-3H3/b;;8-5+. The number of likely N-dealkylation sites (tertiary alicyclic amines) is 1. The number of carbonyl (C=O) groups excluding carboxylic acids is 2. The summed E-state index contributed by atoms with van der Waals surface area (Å²) in [6.07, 6.45) is 4.41. The van der Waals surface area contributed by atoms with E-state index in [0.29, 0.717) is 41.0 Å². The van der Waals surface area contributed by atoms with Gasteiger partial charge in [0.2, 0.25) is 5.91 Å². The van der Waals surface area contributed by atoms with Gasteiger partial charge in [0.25, 0.3) is 0 Å². The number of hydrogen-bond donors (Lipinski definition) is 3. The lowest BCUT2D eigenvalue weighted by atomic mass is 9.99. The highest BCUT2D eigenvalue weighted by atomic mass is 35.5. The number of carbonyl (C=O) groups is 2. The molecule has 3 rings (SSSR count). The maximum Gasteiger partial charge on any atom is 0.471 e. The Balaban J connectivity index is 0.000000387. The molecular formula is C34H47ClF3N5O2. The molecule has 1 aliphatic rings. The maximum atomic E-state index is 12.1. The fraction of sp³-hybridized carbons (Fsp3) is 0.441. The second-order valence-corrected chi connectivity index (χ2v) is 11.2. The third kappa shape index (κ3) is 15.2. The first-order valence-electron chi connectivity index (χ1n) is 15.1. The molecule has 0 bridgehead atoms. The number of alkyl halides is 3. The van der Waals surface area contributed by atoms with Crippen molar-refractivity contribution in [1.29, 1.82) is 0 Å². The van der Waals surface area contributed by atoms with Gasteiger partial charge in [-0.1, -0.05) is 75.7 Å². The molecule has 1 fully saturated rings. The van der Waals surface area contributed by atoms with Crippen LogP contribution in [0.2, 0.25) is 5.02 Å². The van der Waals surface area contributed by atoms with Crippen LogP contribution >= 0.6 is 11.6 Å². The number of halogens is 4. The maximum absolute atomic E-state index is 12.1. The van der Waals surface area contributed by atoms with Crippen molar-refractivity contribution in [2.45, 2.75) is 66.5 Å². The van der Waals surface area contributed by atoms with Crippen LogP contribution < -0.4 is 16.0 Å². The second-order valence-electron chi connectivity index (χ2n) is 10.7. The van der Waals surface area contributed by atoms with Crippen LogP contribution in [0.15, 0.2) is 73.6 Å². The van der Waals surface area contributed by atoms with Gasteiger partial charge in [-0.25, -0.2) is 4.98 Å². The van der Waals surface area contributed by atoms with E-state index in [0.717, 1.165) is 17.0 Å². The zero-order valence-corrected chi connectivity index (χ0v) is 27.7. The number of anilines is 2. The lowest BCUT2D eigenvalue weighted by Crippen LogP contribution is -2.45. The van der Waals surface area contributed by atoms with Gasteiger partial charge in [0.15, 0.2) is 0 Å². The number of para-hydroxylation sites is 1. The number of unbranched alkanes of at least 4 members (excludes halogenated alkanes) is 1. The summed E-state index contributed by atoms with van der Waals surface area (Å²) in [5.41, 5.74) is 3.37. The minimum absolute atomic E-state index is 0.120. The summed E-state index contributed by atoms with van der Waals surface area (Å²) in [5, 5.41) is 9.85. The van der Waals surface area contributed by atoms with Crippen molar-refractivity contribution < 1.29 is 22.8 Å². The molecule has 1 atom stereocenters. The zero-order valence-electron chi connectivity index (χ0n) is 26.9. The van der Waals surface area contributed by atoms with Crippen LogP contribution in [-0.4, -0.2) is 47.5 Å². The van der Waals surface area contributed by atoms with Crippen LogP contribution in [0.4, 0.5) is 24.7 Å². The van der Waals surface area contributed by atoms with Crippen LogP contribution in [0.1, 0.15) is 65.9 Å². The largest absolute Gasteiger partial charge is 0.471 e. The smallest absolute Gasteiger partial charge is 0.389 e. The van der Waals surface area contributed by atoms with Gasteiger partial charge in [-0.3, -0.25) is 9.59 Å². The van der Waals surface area contributed by atoms with Crippen LogP contribution in [-0.2, 0) is 9.59 Å². The Kier molecular flexibility index (Phi) is 17.7. The molecule has 1 aliphatic heterocycles. The molecule has 1 unspecified atom stereocenters. The van der Waals surface area contributed by atoms with Crippen LogP contribution in [0, 0.1) is 11.8 Å². The second kappa shape index (κ2) is 20.3. The van der Waals surface area contributed by atoms with E-state index >= 15 is 0 Å². The van der Waals surface area contributed by atoms with Crippen molar-refractivity contribution in [1.82, 2.24) is 15.2 Å². The normalized spacial score (nSPS) is 14.1. The summed E-state index contributed by atoms with van der Waals surface area (Å²) in [7, 11) is 0. The summed E-state index contributed by atoms with van der Waals surface area (Å²) in [6.45, 7) is 19.4. The minimum Gasteiger partial charge on any atom is -0.389 e. The Bertz CT molecular complexity index is 1260. The van der Waals surface area contributed by atoms with Gasteiger partial charge in [0.05, 0.1) is 16.6 Å². The van der Waals surface area contributed by atoms with Crippen molar-refractivity contribution >= 4 is 40.6 Å². The number of piperidine rings is 1. The summed E-state index contributed by atoms with van der Waals surface area (Å²) < 4.78 is 35.8. The quantitative estimate of drug-likeness (QED) is 0.177. The average Bonchev–Trinajstić information content (AvgIpc) is 3.02. The highest BCUT2D eigenvalue weighted by molar-refractivity contribution is 6.30. The molecule has 1 saturated heterocycles. The van der Waals surface area contributed by atoms with Crippen molar-refractivity contribution in [3.63, 3.8) is 0 Å². The van der Waals surface area contributed by atoms with E-state index in [2.05, 4.69) is 54.0 Å². The molecule has 2 amide bonds. The Hall–Kier alpha value is -3.79. The van der Waals surface area contributed by atoms with E-state index in [1.807, 2.05) is 38.1 Å². The topological polar surface area (TPSA) is 86.4 Å². The lowest BCUT2D eigenvalue weighted by molar-refractivity contribution is -0.186. The molecule has 0 spiro atoms. The van der Waals surface area contributed by atoms with Gasteiger partial charge in [0, 0.05) is 42.8 Å².